The topological polar surface area (TPSA) is 152 Å². The summed E-state index contributed by atoms with van der Waals surface area (Å²) in [4.78, 5) is 24.4. The summed E-state index contributed by atoms with van der Waals surface area (Å²) in [7, 11) is 0. The summed E-state index contributed by atoms with van der Waals surface area (Å²) in [5.41, 5.74) is 0. The molecule has 2 rings (SSSR count). The van der Waals surface area contributed by atoms with Crippen molar-refractivity contribution in [3.8, 4) is 0 Å². The van der Waals surface area contributed by atoms with E-state index >= 15 is 0 Å². The Balaban J connectivity index is 1.71. The molecule has 40 heavy (non-hydrogen) atoms. The maximum absolute atomic E-state index is 12.3. The van der Waals surface area contributed by atoms with Gasteiger partial charge in [-0.05, 0) is 65.2 Å². The zero-order chi connectivity index (χ0) is 29.7. The van der Waals surface area contributed by atoms with E-state index in [1.165, 1.54) is 12.8 Å². The van der Waals surface area contributed by atoms with E-state index in [1.807, 2.05) is 13.8 Å². The van der Waals surface area contributed by atoms with Crippen molar-refractivity contribution in [2.45, 2.75) is 160 Å². The van der Waals surface area contributed by atoms with Crippen LogP contribution in [0.25, 0.3) is 0 Å². The number of rotatable bonds is 17. The number of aliphatic hydroxyl groups is 4. The van der Waals surface area contributed by atoms with Gasteiger partial charge in [0.15, 0.2) is 6.29 Å². The van der Waals surface area contributed by atoms with Crippen LogP contribution in [0.15, 0.2) is 12.2 Å². The van der Waals surface area contributed by atoms with E-state index in [1.54, 1.807) is 13.8 Å². The molecule has 0 aromatic carbocycles. The Hall–Kier alpha value is -1.56. The molecule has 0 aromatic heterocycles. The van der Waals surface area contributed by atoms with Gasteiger partial charge in [0.05, 0.1) is 36.6 Å². The number of aliphatic hydroxyl groups excluding tert-OH is 4. The van der Waals surface area contributed by atoms with Crippen LogP contribution < -0.4 is 0 Å². The second-order valence-corrected chi connectivity index (χ2v) is 11.6. The van der Waals surface area contributed by atoms with Gasteiger partial charge in [-0.1, -0.05) is 26.7 Å². The van der Waals surface area contributed by atoms with Crippen LogP contribution in [0, 0.1) is 5.92 Å². The van der Waals surface area contributed by atoms with Crippen LogP contribution in [0.4, 0.5) is 0 Å². The van der Waals surface area contributed by atoms with Crippen molar-refractivity contribution < 1.29 is 49.0 Å². The van der Waals surface area contributed by atoms with Crippen molar-refractivity contribution >= 4 is 11.9 Å². The Bertz CT molecular complexity index is 768. The lowest BCUT2D eigenvalue weighted by molar-refractivity contribution is -0.262. The second kappa shape index (κ2) is 18.1. The summed E-state index contributed by atoms with van der Waals surface area (Å²) in [5, 5.41) is 40.4. The monoisotopic (exact) mass is 572 g/mol. The van der Waals surface area contributed by atoms with E-state index in [0.717, 1.165) is 25.0 Å². The van der Waals surface area contributed by atoms with Gasteiger partial charge in [-0.15, -0.1) is 0 Å². The Morgan fingerprint density at radius 1 is 0.825 bits per heavy atom. The molecule has 9 unspecified atom stereocenters. The van der Waals surface area contributed by atoms with Gasteiger partial charge in [0.1, 0.15) is 12.2 Å². The first-order chi connectivity index (χ1) is 19.0. The zero-order valence-corrected chi connectivity index (χ0v) is 24.7. The van der Waals surface area contributed by atoms with E-state index in [2.05, 4.69) is 0 Å². The van der Waals surface area contributed by atoms with E-state index in [-0.39, 0.29) is 44.2 Å². The van der Waals surface area contributed by atoms with Crippen LogP contribution in [-0.2, 0) is 28.5 Å². The highest BCUT2D eigenvalue weighted by Gasteiger charge is 2.35. The molecule has 1 aliphatic carbocycles. The normalized spacial score (nSPS) is 26.6. The molecule has 0 spiro atoms. The number of esters is 2. The number of carbonyl (C=O) groups excluding carboxylic acids is 2. The highest BCUT2D eigenvalue weighted by Crippen LogP contribution is 2.35. The summed E-state index contributed by atoms with van der Waals surface area (Å²) in [6.07, 6.45) is 4.84. The Labute approximate surface area is 239 Å². The fourth-order valence-corrected chi connectivity index (χ4v) is 5.53. The van der Waals surface area contributed by atoms with E-state index in [9.17, 15) is 30.0 Å². The minimum Gasteiger partial charge on any atom is -0.459 e. The molecule has 2 fully saturated rings. The maximum Gasteiger partial charge on any atom is 0.331 e. The molecule has 1 saturated heterocycles. The smallest absolute Gasteiger partial charge is 0.331 e. The van der Waals surface area contributed by atoms with Gasteiger partial charge in [0.2, 0.25) is 0 Å². The summed E-state index contributed by atoms with van der Waals surface area (Å²) in [6, 6.07) is 0. The predicted molar refractivity (Wildman–Crippen MR) is 148 cm³/mol. The second-order valence-electron chi connectivity index (χ2n) is 11.6. The van der Waals surface area contributed by atoms with Crippen LogP contribution in [0.2, 0.25) is 0 Å². The first kappa shape index (κ1) is 34.6. The number of hydrogen-bond donors (Lipinski definition) is 4. The van der Waals surface area contributed by atoms with Crippen molar-refractivity contribution in [3.63, 3.8) is 0 Å². The Morgan fingerprint density at radius 2 is 1.43 bits per heavy atom. The van der Waals surface area contributed by atoms with Crippen molar-refractivity contribution in [2.24, 2.45) is 5.92 Å². The minimum atomic E-state index is -0.907. The van der Waals surface area contributed by atoms with Crippen molar-refractivity contribution in [2.75, 3.05) is 0 Å². The summed E-state index contributed by atoms with van der Waals surface area (Å²) >= 11 is 0. The summed E-state index contributed by atoms with van der Waals surface area (Å²) < 4.78 is 22.8. The molecule has 1 heterocycles. The highest BCUT2D eigenvalue weighted by molar-refractivity contribution is 5.91. The van der Waals surface area contributed by atoms with Gasteiger partial charge in [-0.2, -0.15) is 0 Å². The Morgan fingerprint density at radius 3 is 2.05 bits per heavy atom. The van der Waals surface area contributed by atoms with Crippen LogP contribution in [-0.4, -0.2) is 87.5 Å². The third-order valence-electron chi connectivity index (χ3n) is 7.72. The SMILES string of the molecule is CCC(O)CC(O)CC(O)CC(C)OC(=O)/C=C/C(=O)OC(CC)CC(O)CC1CC(C)OC(C2CCCC2)O1. The average molecular weight is 573 g/mol. The fourth-order valence-electron chi connectivity index (χ4n) is 5.53. The van der Waals surface area contributed by atoms with Crippen LogP contribution in [0.3, 0.4) is 0 Å². The molecular weight excluding hydrogens is 520 g/mol. The van der Waals surface area contributed by atoms with Crippen molar-refractivity contribution in [3.05, 3.63) is 12.2 Å². The van der Waals surface area contributed by atoms with E-state index in [0.29, 0.717) is 31.6 Å². The van der Waals surface area contributed by atoms with Gasteiger partial charge in [0.25, 0.3) is 0 Å². The average Bonchev–Trinajstić information content (AvgIpc) is 3.41. The molecule has 1 saturated carbocycles. The lowest BCUT2D eigenvalue weighted by Crippen LogP contribution is -2.42. The van der Waals surface area contributed by atoms with Crippen LogP contribution in [0.1, 0.15) is 105 Å². The first-order valence-electron chi connectivity index (χ1n) is 15.1. The zero-order valence-electron chi connectivity index (χ0n) is 24.7. The molecule has 0 amide bonds. The number of carbonyl (C=O) groups is 2. The number of ether oxygens (including phenoxy) is 4. The molecule has 9 atom stereocenters. The van der Waals surface area contributed by atoms with Crippen LogP contribution >= 0.6 is 0 Å². The molecule has 0 radical (unpaired) electrons. The third kappa shape index (κ3) is 13.4. The van der Waals surface area contributed by atoms with Gasteiger partial charge in [0, 0.05) is 30.9 Å². The lowest BCUT2D eigenvalue weighted by atomic mass is 9.98. The molecular formula is C30H52O10. The van der Waals surface area contributed by atoms with Crippen molar-refractivity contribution in [1.82, 2.24) is 0 Å². The van der Waals surface area contributed by atoms with Gasteiger partial charge >= 0.3 is 11.9 Å². The minimum absolute atomic E-state index is 0.0617. The molecule has 10 nitrogen and oxygen atoms in total. The molecule has 2 aliphatic rings. The van der Waals surface area contributed by atoms with Crippen LogP contribution in [0.5, 0.6) is 0 Å². The molecule has 10 heteroatoms. The first-order valence-corrected chi connectivity index (χ1v) is 15.1. The largest absolute Gasteiger partial charge is 0.459 e. The molecule has 1 aliphatic heterocycles. The third-order valence-corrected chi connectivity index (χ3v) is 7.72. The molecule has 232 valence electrons. The Kier molecular flexibility index (Phi) is 15.7. The van der Waals surface area contributed by atoms with Gasteiger partial charge in [-0.3, -0.25) is 0 Å². The highest BCUT2D eigenvalue weighted by atomic mass is 16.7. The predicted octanol–water partition coefficient (Wildman–Crippen LogP) is 3.31. The lowest BCUT2D eigenvalue weighted by Gasteiger charge is -2.38. The summed E-state index contributed by atoms with van der Waals surface area (Å²) in [5.74, 6) is -1.05. The van der Waals surface area contributed by atoms with Gasteiger partial charge < -0.3 is 39.4 Å². The molecule has 0 bridgehead atoms. The summed E-state index contributed by atoms with van der Waals surface area (Å²) in [6.45, 7) is 7.30. The number of hydrogen-bond acceptors (Lipinski definition) is 10. The van der Waals surface area contributed by atoms with E-state index in [4.69, 9.17) is 18.9 Å². The molecule has 4 N–H and O–H groups in total. The molecule has 0 aromatic rings. The quantitative estimate of drug-likeness (QED) is 0.151. The van der Waals surface area contributed by atoms with Gasteiger partial charge in [-0.25, -0.2) is 9.59 Å². The van der Waals surface area contributed by atoms with Crippen molar-refractivity contribution in [1.29, 1.82) is 0 Å². The fraction of sp³-hybridized carbons (Fsp3) is 0.867. The van der Waals surface area contributed by atoms with E-state index < -0.39 is 48.6 Å². The standard InChI is InChI=1S/C30H52O10/c1-5-22(31)15-24(33)16-23(32)13-19(3)37-28(35)11-12-29(36)39-26(6-2)17-25(34)18-27-14-20(4)38-30(40-27)21-9-7-8-10-21/h11-12,19-27,30-34H,5-10,13-18H2,1-4H3/b12-11+. The maximum atomic E-state index is 12.3.